The van der Waals surface area contributed by atoms with Gasteiger partial charge in [-0.1, -0.05) is 29.8 Å². The highest BCUT2D eigenvalue weighted by molar-refractivity contribution is 7.84. The quantitative estimate of drug-likeness (QED) is 0.715. The summed E-state index contributed by atoms with van der Waals surface area (Å²) in [6.07, 6.45) is 1.46. The fraction of sp³-hybridized carbons (Fsp3) is 0.250. The first-order chi connectivity index (χ1) is 13.3. The third kappa shape index (κ3) is 6.02. The average Bonchev–Trinajstić information content (AvgIpc) is 2.67. The van der Waals surface area contributed by atoms with E-state index in [4.69, 9.17) is 4.74 Å². The topological polar surface area (TPSA) is 92.8 Å². The van der Waals surface area contributed by atoms with Crippen LogP contribution in [0, 0.1) is 6.92 Å². The third-order valence-electron chi connectivity index (χ3n) is 3.89. The summed E-state index contributed by atoms with van der Waals surface area (Å²) in [7, 11) is 0.0822. The Morgan fingerprint density at radius 3 is 2.36 bits per heavy atom. The number of carbonyl (C=O) groups excluding carboxylic acids is 3. The van der Waals surface area contributed by atoms with E-state index in [0.717, 1.165) is 5.56 Å². The lowest BCUT2D eigenvalue weighted by Gasteiger charge is -2.17. The van der Waals surface area contributed by atoms with Gasteiger partial charge < -0.3 is 15.0 Å². The van der Waals surface area contributed by atoms with Crippen molar-refractivity contribution >= 4 is 34.3 Å². The largest absolute Gasteiger partial charge is 0.452 e. The Balaban J connectivity index is 1.87. The molecule has 0 saturated heterocycles. The second-order valence-electron chi connectivity index (χ2n) is 6.19. The van der Waals surface area contributed by atoms with E-state index in [0.29, 0.717) is 10.6 Å². The van der Waals surface area contributed by atoms with E-state index in [1.807, 2.05) is 19.1 Å². The number of carbonyl (C=O) groups is 3. The first-order valence-electron chi connectivity index (χ1n) is 8.48. The molecule has 0 fully saturated rings. The van der Waals surface area contributed by atoms with E-state index in [2.05, 4.69) is 5.32 Å². The van der Waals surface area contributed by atoms with Crippen LogP contribution in [0.2, 0.25) is 0 Å². The zero-order chi connectivity index (χ0) is 20.7. The fourth-order valence-corrected chi connectivity index (χ4v) is 3.07. The summed E-state index contributed by atoms with van der Waals surface area (Å²) in [5.41, 5.74) is 1.85. The second-order valence-corrected chi connectivity index (χ2v) is 7.54. The van der Waals surface area contributed by atoms with E-state index in [9.17, 15) is 18.6 Å². The number of esters is 1. The van der Waals surface area contributed by atoms with Gasteiger partial charge >= 0.3 is 5.97 Å². The fourth-order valence-electron chi connectivity index (χ4n) is 2.34. The predicted octanol–water partition coefficient (Wildman–Crippen LogP) is 1.99. The van der Waals surface area contributed by atoms with Crippen molar-refractivity contribution in [1.82, 2.24) is 4.90 Å². The van der Waals surface area contributed by atoms with E-state index in [1.54, 1.807) is 30.3 Å². The van der Waals surface area contributed by atoms with Gasteiger partial charge in [-0.2, -0.15) is 0 Å². The number of amides is 2. The first-order valence-corrected chi connectivity index (χ1v) is 10.0. The number of aryl methyl sites for hydroxylation is 1. The monoisotopic (exact) mass is 402 g/mol. The maximum atomic E-state index is 12.2. The number of anilines is 1. The SMILES string of the molecule is Cc1ccc(NC(=O)CN(C)C(=O)COC(=O)c2ccccc2[S@](C)=O)cc1. The van der Waals surface area contributed by atoms with E-state index in [-0.39, 0.29) is 18.0 Å². The summed E-state index contributed by atoms with van der Waals surface area (Å²) >= 11 is 0. The van der Waals surface area contributed by atoms with Gasteiger partial charge in [-0.3, -0.25) is 13.8 Å². The molecule has 28 heavy (non-hydrogen) atoms. The molecule has 8 heteroatoms. The number of ether oxygens (including phenoxy) is 1. The molecule has 0 radical (unpaired) electrons. The smallest absolute Gasteiger partial charge is 0.339 e. The van der Waals surface area contributed by atoms with Crippen LogP contribution in [0.5, 0.6) is 0 Å². The molecule has 0 aromatic heterocycles. The van der Waals surface area contributed by atoms with Crippen LogP contribution in [0.25, 0.3) is 0 Å². The van der Waals surface area contributed by atoms with Crippen LogP contribution < -0.4 is 5.32 Å². The molecular formula is C20H22N2O5S. The summed E-state index contributed by atoms with van der Waals surface area (Å²) in [6.45, 7) is 1.24. The molecule has 1 N–H and O–H groups in total. The summed E-state index contributed by atoms with van der Waals surface area (Å²) in [5, 5.41) is 2.69. The Kier molecular flexibility index (Phi) is 7.45. The Hall–Kier alpha value is -3.00. The van der Waals surface area contributed by atoms with E-state index >= 15 is 0 Å². The average molecular weight is 402 g/mol. The van der Waals surface area contributed by atoms with Crippen molar-refractivity contribution in [3.8, 4) is 0 Å². The molecule has 2 amide bonds. The van der Waals surface area contributed by atoms with Crippen LogP contribution in [0.1, 0.15) is 15.9 Å². The molecule has 0 saturated carbocycles. The standard InChI is InChI=1S/C20H22N2O5S/c1-14-8-10-15(11-9-14)21-18(23)12-22(2)19(24)13-27-20(25)16-6-4-5-7-17(16)28(3)26/h4-11H,12-13H2,1-3H3,(H,21,23)/t28-/m0/s1. The van der Waals surface area contributed by atoms with Gasteiger partial charge in [-0.15, -0.1) is 0 Å². The minimum absolute atomic E-state index is 0.149. The number of hydrogen-bond acceptors (Lipinski definition) is 5. The molecule has 0 aliphatic carbocycles. The Bertz CT molecular complexity index is 896. The van der Waals surface area contributed by atoms with Crippen LogP contribution in [0.3, 0.4) is 0 Å². The van der Waals surface area contributed by atoms with Gasteiger partial charge in [0.2, 0.25) is 5.91 Å². The Labute approximate surface area is 166 Å². The highest BCUT2D eigenvalue weighted by Crippen LogP contribution is 2.14. The van der Waals surface area contributed by atoms with Crippen LogP contribution in [0.4, 0.5) is 5.69 Å². The van der Waals surface area contributed by atoms with E-state index in [1.165, 1.54) is 24.3 Å². The van der Waals surface area contributed by atoms with Gasteiger partial charge in [0.15, 0.2) is 6.61 Å². The highest BCUT2D eigenvalue weighted by Gasteiger charge is 2.18. The van der Waals surface area contributed by atoms with Crippen molar-refractivity contribution in [2.75, 3.05) is 31.8 Å². The van der Waals surface area contributed by atoms with Crippen LogP contribution >= 0.6 is 0 Å². The summed E-state index contributed by atoms with van der Waals surface area (Å²) in [5.74, 6) is -1.63. The minimum atomic E-state index is -1.36. The van der Waals surface area contributed by atoms with Crippen molar-refractivity contribution in [1.29, 1.82) is 0 Å². The maximum absolute atomic E-state index is 12.2. The molecular weight excluding hydrogens is 380 g/mol. The van der Waals surface area contributed by atoms with Gasteiger partial charge in [0.05, 0.1) is 27.8 Å². The zero-order valence-corrected chi connectivity index (χ0v) is 16.7. The summed E-state index contributed by atoms with van der Waals surface area (Å²) in [6, 6.07) is 13.6. The number of benzene rings is 2. The van der Waals surface area contributed by atoms with Crippen LogP contribution in [-0.2, 0) is 25.1 Å². The van der Waals surface area contributed by atoms with Crippen molar-refractivity contribution in [3.05, 3.63) is 59.7 Å². The molecule has 0 bridgehead atoms. The molecule has 0 unspecified atom stereocenters. The number of hydrogen-bond donors (Lipinski definition) is 1. The zero-order valence-electron chi connectivity index (χ0n) is 15.9. The molecule has 2 aromatic carbocycles. The van der Waals surface area contributed by atoms with Crippen molar-refractivity contribution < 1.29 is 23.3 Å². The molecule has 148 valence electrons. The van der Waals surface area contributed by atoms with Gasteiger partial charge in [-0.25, -0.2) is 4.79 Å². The van der Waals surface area contributed by atoms with Crippen LogP contribution in [-0.4, -0.2) is 53.3 Å². The van der Waals surface area contributed by atoms with Crippen molar-refractivity contribution in [2.45, 2.75) is 11.8 Å². The lowest BCUT2D eigenvalue weighted by Crippen LogP contribution is -2.37. The lowest BCUT2D eigenvalue weighted by atomic mass is 10.2. The van der Waals surface area contributed by atoms with Crippen molar-refractivity contribution in [3.63, 3.8) is 0 Å². The molecule has 2 rings (SSSR count). The van der Waals surface area contributed by atoms with Crippen molar-refractivity contribution in [2.24, 2.45) is 0 Å². The van der Waals surface area contributed by atoms with Crippen LogP contribution in [0.15, 0.2) is 53.4 Å². The normalized spacial score (nSPS) is 11.4. The Morgan fingerprint density at radius 1 is 1.07 bits per heavy atom. The molecule has 2 aromatic rings. The third-order valence-corrected chi connectivity index (χ3v) is 4.86. The van der Waals surface area contributed by atoms with Gasteiger partial charge in [0, 0.05) is 19.0 Å². The summed E-state index contributed by atoms with van der Waals surface area (Å²) < 4.78 is 16.7. The number of nitrogens with one attached hydrogen (secondary N) is 1. The molecule has 0 aliphatic heterocycles. The van der Waals surface area contributed by atoms with E-state index < -0.39 is 29.3 Å². The highest BCUT2D eigenvalue weighted by atomic mass is 32.2. The van der Waals surface area contributed by atoms with Gasteiger partial charge in [0.25, 0.3) is 5.91 Å². The minimum Gasteiger partial charge on any atom is -0.452 e. The number of nitrogens with zero attached hydrogens (tertiary/aromatic N) is 1. The molecule has 0 heterocycles. The number of likely N-dealkylation sites (N-methyl/N-ethyl adjacent to an activating group) is 1. The lowest BCUT2D eigenvalue weighted by molar-refractivity contribution is -0.136. The summed E-state index contributed by atoms with van der Waals surface area (Å²) in [4.78, 5) is 37.9. The Morgan fingerprint density at radius 2 is 1.71 bits per heavy atom. The second kappa shape index (κ2) is 9.80. The first kappa shape index (κ1) is 21.3. The maximum Gasteiger partial charge on any atom is 0.339 e. The van der Waals surface area contributed by atoms with Gasteiger partial charge in [0.1, 0.15) is 0 Å². The molecule has 7 nitrogen and oxygen atoms in total. The molecule has 0 aliphatic rings. The predicted molar refractivity (Wildman–Crippen MR) is 107 cm³/mol. The van der Waals surface area contributed by atoms with Gasteiger partial charge in [-0.05, 0) is 31.2 Å². The molecule has 1 atom stereocenters. The number of rotatable bonds is 7. The molecule has 0 spiro atoms.